The highest BCUT2D eigenvalue weighted by Gasteiger charge is 2.07. The predicted octanol–water partition coefficient (Wildman–Crippen LogP) is 2.24. The van der Waals surface area contributed by atoms with Gasteiger partial charge in [-0.1, -0.05) is 13.8 Å². The lowest BCUT2D eigenvalue weighted by atomic mass is 10.1. The van der Waals surface area contributed by atoms with Gasteiger partial charge in [0.25, 0.3) is 0 Å². The minimum atomic E-state index is 0.156. The average molecular weight is 258 g/mol. The number of nitrogens with zero attached hydrogens (tertiary/aromatic N) is 1. The molecule has 0 bridgehead atoms. The van der Waals surface area contributed by atoms with E-state index in [0.717, 1.165) is 16.8 Å². The van der Waals surface area contributed by atoms with Crippen molar-refractivity contribution in [2.75, 3.05) is 11.9 Å². The number of hydrogen-bond donors (Lipinski definition) is 2. The Morgan fingerprint density at radius 1 is 1.57 bits per heavy atom. The molecule has 1 unspecified atom stereocenters. The van der Waals surface area contributed by atoms with Gasteiger partial charge in [0.15, 0.2) is 0 Å². The first-order chi connectivity index (χ1) is 6.61. The van der Waals surface area contributed by atoms with E-state index in [1.807, 2.05) is 12.1 Å². The van der Waals surface area contributed by atoms with Crippen LogP contribution in [0.5, 0.6) is 0 Å². The summed E-state index contributed by atoms with van der Waals surface area (Å²) in [5, 5.41) is 3.21. The number of aromatic nitrogens is 1. The van der Waals surface area contributed by atoms with Crippen molar-refractivity contribution in [1.29, 1.82) is 0 Å². The van der Waals surface area contributed by atoms with E-state index in [-0.39, 0.29) is 6.04 Å². The number of anilines is 1. The third-order valence-electron chi connectivity index (χ3n) is 2.12. The lowest BCUT2D eigenvalue weighted by Crippen LogP contribution is -2.34. The van der Waals surface area contributed by atoms with Crippen molar-refractivity contribution in [1.82, 2.24) is 4.98 Å². The van der Waals surface area contributed by atoms with E-state index in [0.29, 0.717) is 5.92 Å². The van der Waals surface area contributed by atoms with Gasteiger partial charge in [-0.2, -0.15) is 0 Å². The second kappa shape index (κ2) is 5.32. The first kappa shape index (κ1) is 11.5. The van der Waals surface area contributed by atoms with E-state index in [4.69, 9.17) is 5.73 Å². The molecule has 1 heterocycles. The summed E-state index contributed by atoms with van der Waals surface area (Å²) in [4.78, 5) is 4.20. The second-order valence-corrected chi connectivity index (χ2v) is 4.48. The minimum Gasteiger partial charge on any atom is -0.368 e. The summed E-state index contributed by atoms with van der Waals surface area (Å²) < 4.78 is 0.968. The number of nitrogens with two attached hydrogens (primary N) is 1. The van der Waals surface area contributed by atoms with Gasteiger partial charge in [-0.25, -0.2) is 4.98 Å². The van der Waals surface area contributed by atoms with Gasteiger partial charge in [-0.15, -0.1) is 0 Å². The zero-order valence-corrected chi connectivity index (χ0v) is 10.1. The van der Waals surface area contributed by atoms with Crippen molar-refractivity contribution in [2.24, 2.45) is 11.7 Å². The zero-order chi connectivity index (χ0) is 10.6. The molecular weight excluding hydrogens is 242 g/mol. The highest BCUT2D eigenvalue weighted by Crippen LogP contribution is 2.18. The Hall–Kier alpha value is -0.610. The van der Waals surface area contributed by atoms with Crippen LogP contribution in [0.25, 0.3) is 0 Å². The normalized spacial score (nSPS) is 12.9. The maximum atomic E-state index is 5.91. The van der Waals surface area contributed by atoms with Crippen LogP contribution in [0, 0.1) is 5.92 Å². The van der Waals surface area contributed by atoms with Gasteiger partial charge >= 0.3 is 0 Å². The summed E-state index contributed by atoms with van der Waals surface area (Å²) >= 11 is 3.42. The molecule has 14 heavy (non-hydrogen) atoms. The largest absolute Gasteiger partial charge is 0.368 e. The Balaban J connectivity index is 2.50. The maximum Gasteiger partial charge on any atom is 0.140 e. The third-order valence-corrected chi connectivity index (χ3v) is 2.76. The summed E-state index contributed by atoms with van der Waals surface area (Å²) in [6.45, 7) is 4.97. The lowest BCUT2D eigenvalue weighted by Gasteiger charge is -2.16. The Labute approximate surface area is 93.2 Å². The van der Waals surface area contributed by atoms with Gasteiger partial charge in [0.2, 0.25) is 0 Å². The minimum absolute atomic E-state index is 0.156. The zero-order valence-electron chi connectivity index (χ0n) is 8.50. The topological polar surface area (TPSA) is 50.9 Å². The van der Waals surface area contributed by atoms with Crippen molar-refractivity contribution in [3.8, 4) is 0 Å². The summed E-state index contributed by atoms with van der Waals surface area (Å²) in [5.74, 6) is 1.33. The summed E-state index contributed by atoms with van der Waals surface area (Å²) in [6, 6.07) is 4.00. The molecule has 1 aromatic heterocycles. The molecule has 3 nitrogen and oxygen atoms in total. The van der Waals surface area contributed by atoms with Crippen molar-refractivity contribution in [2.45, 2.75) is 19.9 Å². The van der Waals surface area contributed by atoms with E-state index < -0.39 is 0 Å². The number of nitrogens with one attached hydrogen (secondary N) is 1. The van der Waals surface area contributed by atoms with Crippen LogP contribution in [0.4, 0.5) is 5.82 Å². The molecule has 78 valence electrons. The summed E-state index contributed by atoms with van der Waals surface area (Å²) in [5.41, 5.74) is 5.91. The molecule has 0 saturated carbocycles. The molecular formula is C10H16BrN3. The highest BCUT2D eigenvalue weighted by atomic mass is 79.9. The van der Waals surface area contributed by atoms with Gasteiger partial charge in [0.05, 0.1) is 4.47 Å². The summed E-state index contributed by atoms with van der Waals surface area (Å²) in [6.07, 6.45) is 1.76. The maximum absolute atomic E-state index is 5.91. The molecule has 1 aromatic rings. The Morgan fingerprint density at radius 2 is 2.29 bits per heavy atom. The molecule has 1 atom stereocenters. The van der Waals surface area contributed by atoms with E-state index in [1.165, 1.54) is 0 Å². The summed E-state index contributed by atoms with van der Waals surface area (Å²) in [7, 11) is 0. The van der Waals surface area contributed by atoms with Crippen LogP contribution >= 0.6 is 15.9 Å². The number of pyridine rings is 1. The van der Waals surface area contributed by atoms with Gasteiger partial charge in [0, 0.05) is 18.8 Å². The Morgan fingerprint density at radius 3 is 2.86 bits per heavy atom. The highest BCUT2D eigenvalue weighted by molar-refractivity contribution is 9.10. The monoisotopic (exact) mass is 257 g/mol. The molecule has 0 radical (unpaired) electrons. The number of halogens is 1. The molecule has 0 spiro atoms. The fourth-order valence-electron chi connectivity index (χ4n) is 0.966. The molecule has 3 N–H and O–H groups in total. The van der Waals surface area contributed by atoms with E-state index in [2.05, 4.69) is 40.1 Å². The Bertz CT molecular complexity index is 288. The van der Waals surface area contributed by atoms with Crippen LogP contribution < -0.4 is 11.1 Å². The standard InChI is InChI=1S/C10H16BrN3/c1-7(2)9(12)6-14-10-8(11)4-3-5-13-10/h3-5,7,9H,6,12H2,1-2H3,(H,13,14). The van der Waals surface area contributed by atoms with Crippen LogP contribution in [0.2, 0.25) is 0 Å². The predicted molar refractivity (Wildman–Crippen MR) is 63.2 cm³/mol. The van der Waals surface area contributed by atoms with Crippen molar-refractivity contribution >= 4 is 21.7 Å². The molecule has 0 saturated heterocycles. The third kappa shape index (κ3) is 3.27. The van der Waals surface area contributed by atoms with Crippen molar-refractivity contribution in [3.63, 3.8) is 0 Å². The molecule has 0 aliphatic rings. The molecule has 0 aromatic carbocycles. The molecule has 1 rings (SSSR count). The second-order valence-electron chi connectivity index (χ2n) is 3.62. The first-order valence-corrected chi connectivity index (χ1v) is 5.50. The lowest BCUT2D eigenvalue weighted by molar-refractivity contribution is 0.511. The average Bonchev–Trinajstić information content (AvgIpc) is 2.16. The van der Waals surface area contributed by atoms with Gasteiger partial charge < -0.3 is 11.1 Å². The molecule has 4 heteroatoms. The van der Waals surface area contributed by atoms with Crippen LogP contribution in [-0.2, 0) is 0 Å². The molecule has 0 amide bonds. The van der Waals surface area contributed by atoms with Gasteiger partial charge in [0.1, 0.15) is 5.82 Å². The number of rotatable bonds is 4. The van der Waals surface area contributed by atoms with Crippen LogP contribution in [-0.4, -0.2) is 17.6 Å². The van der Waals surface area contributed by atoms with E-state index in [9.17, 15) is 0 Å². The van der Waals surface area contributed by atoms with Crippen LogP contribution in [0.1, 0.15) is 13.8 Å². The quantitative estimate of drug-likeness (QED) is 0.870. The Kier molecular flexibility index (Phi) is 4.35. The first-order valence-electron chi connectivity index (χ1n) is 4.71. The SMILES string of the molecule is CC(C)C(N)CNc1ncccc1Br. The fourth-order valence-corrected chi connectivity index (χ4v) is 1.36. The molecule has 0 aliphatic heterocycles. The molecule has 0 aliphatic carbocycles. The smallest absolute Gasteiger partial charge is 0.140 e. The van der Waals surface area contributed by atoms with Gasteiger partial charge in [-0.05, 0) is 34.0 Å². The number of hydrogen-bond acceptors (Lipinski definition) is 3. The van der Waals surface area contributed by atoms with E-state index >= 15 is 0 Å². The van der Waals surface area contributed by atoms with E-state index in [1.54, 1.807) is 6.20 Å². The van der Waals surface area contributed by atoms with Gasteiger partial charge in [-0.3, -0.25) is 0 Å². The van der Waals surface area contributed by atoms with Crippen molar-refractivity contribution in [3.05, 3.63) is 22.8 Å². The fraction of sp³-hybridized carbons (Fsp3) is 0.500. The molecule has 0 fully saturated rings. The van der Waals surface area contributed by atoms with Crippen LogP contribution in [0.15, 0.2) is 22.8 Å². The van der Waals surface area contributed by atoms with Crippen LogP contribution in [0.3, 0.4) is 0 Å². The van der Waals surface area contributed by atoms with Crippen molar-refractivity contribution < 1.29 is 0 Å².